The van der Waals surface area contributed by atoms with E-state index in [0.29, 0.717) is 18.7 Å². The number of benzene rings is 1. The fourth-order valence-corrected chi connectivity index (χ4v) is 5.97. The first-order valence-electron chi connectivity index (χ1n) is 10.6. The summed E-state index contributed by atoms with van der Waals surface area (Å²) in [4.78, 5) is 24.1. The molecule has 1 amide bonds. The summed E-state index contributed by atoms with van der Waals surface area (Å²) in [6.45, 7) is 0.549. The van der Waals surface area contributed by atoms with Crippen LogP contribution >= 0.6 is 11.3 Å². The van der Waals surface area contributed by atoms with E-state index in [2.05, 4.69) is 9.97 Å². The minimum atomic E-state index is -0.868. The molecule has 5 nitrogen and oxygen atoms in total. The molecule has 0 radical (unpaired) electrons. The molecule has 1 unspecified atom stereocenters. The van der Waals surface area contributed by atoms with E-state index in [-0.39, 0.29) is 17.9 Å². The zero-order chi connectivity index (χ0) is 20.6. The van der Waals surface area contributed by atoms with Crippen LogP contribution in [0.5, 0.6) is 0 Å². The smallest absolute Gasteiger partial charge is 0.273 e. The Hall–Kier alpha value is -2.57. The van der Waals surface area contributed by atoms with Crippen molar-refractivity contribution in [2.24, 2.45) is 5.92 Å². The number of hydrogen-bond acceptors (Lipinski definition) is 5. The van der Waals surface area contributed by atoms with Crippen LogP contribution in [0, 0.1) is 5.92 Å². The van der Waals surface area contributed by atoms with Crippen molar-refractivity contribution < 1.29 is 9.90 Å². The molecule has 3 atom stereocenters. The van der Waals surface area contributed by atoms with Gasteiger partial charge in [-0.25, -0.2) is 4.98 Å². The van der Waals surface area contributed by atoms with Gasteiger partial charge in [0.2, 0.25) is 0 Å². The maximum Gasteiger partial charge on any atom is 0.273 e. The van der Waals surface area contributed by atoms with Crippen LogP contribution in [0.3, 0.4) is 0 Å². The predicted molar refractivity (Wildman–Crippen MR) is 117 cm³/mol. The van der Waals surface area contributed by atoms with Gasteiger partial charge < -0.3 is 10.0 Å². The van der Waals surface area contributed by atoms with Crippen molar-refractivity contribution in [1.29, 1.82) is 0 Å². The molecule has 1 aliphatic heterocycles. The van der Waals surface area contributed by atoms with Gasteiger partial charge in [-0.2, -0.15) is 0 Å². The highest BCUT2D eigenvalue weighted by molar-refractivity contribution is 7.13. The first-order valence-corrected chi connectivity index (χ1v) is 11.5. The number of fused-ring (bicyclic) bond motifs is 1. The number of aromatic nitrogens is 2. The summed E-state index contributed by atoms with van der Waals surface area (Å²) in [6, 6.07) is 13.9. The van der Waals surface area contributed by atoms with Gasteiger partial charge in [-0.1, -0.05) is 43.2 Å². The number of carbonyl (C=O) groups is 1. The Morgan fingerprint density at radius 2 is 1.87 bits per heavy atom. The van der Waals surface area contributed by atoms with Crippen LogP contribution in [0.25, 0.3) is 10.6 Å². The molecule has 0 spiro atoms. The molecule has 1 saturated heterocycles. The van der Waals surface area contributed by atoms with Crippen molar-refractivity contribution in [2.45, 2.75) is 43.7 Å². The van der Waals surface area contributed by atoms with Gasteiger partial charge >= 0.3 is 0 Å². The second-order valence-electron chi connectivity index (χ2n) is 8.27. The Bertz CT molecular complexity index is 1020. The summed E-state index contributed by atoms with van der Waals surface area (Å²) in [6.07, 6.45) is 8.10. The third-order valence-electron chi connectivity index (χ3n) is 6.66. The predicted octanol–water partition coefficient (Wildman–Crippen LogP) is 4.50. The maximum absolute atomic E-state index is 13.4. The highest BCUT2D eigenvalue weighted by atomic mass is 32.1. The largest absolute Gasteiger partial charge is 0.385 e. The Morgan fingerprint density at radius 1 is 1.10 bits per heavy atom. The molecule has 0 bridgehead atoms. The van der Waals surface area contributed by atoms with Crippen molar-refractivity contribution in [1.82, 2.24) is 14.9 Å². The van der Waals surface area contributed by atoms with E-state index in [1.807, 2.05) is 52.7 Å². The molecule has 154 valence electrons. The van der Waals surface area contributed by atoms with Gasteiger partial charge in [0, 0.05) is 41.8 Å². The third kappa shape index (κ3) is 3.34. The van der Waals surface area contributed by atoms with E-state index in [1.54, 1.807) is 12.4 Å². The van der Waals surface area contributed by atoms with Gasteiger partial charge in [-0.05, 0) is 37.0 Å². The summed E-state index contributed by atoms with van der Waals surface area (Å²) >= 11 is 1.49. The standard InChI is InChI=1S/C24H25N3O2S/c28-23(20-16-30-22(26-20)17-10-13-25-14-11-17)27-15-12-24(29,18-6-2-1-3-7-18)19-8-4-5-9-21(19)27/h1-3,6-7,10-11,13-14,16,19,21,29H,4-5,8-9,12,15H2/t19-,21+,24?/m1/s1. The Labute approximate surface area is 180 Å². The normalized spacial score (nSPS) is 26.2. The first kappa shape index (κ1) is 19.4. The lowest BCUT2D eigenvalue weighted by Crippen LogP contribution is -2.59. The van der Waals surface area contributed by atoms with Gasteiger partial charge in [0.15, 0.2) is 0 Å². The molecule has 6 heteroatoms. The molecule has 2 fully saturated rings. The number of nitrogens with zero attached hydrogens (tertiary/aromatic N) is 3. The number of thiazole rings is 1. The Kier molecular flexibility index (Phi) is 5.13. The number of carbonyl (C=O) groups excluding carboxylic acids is 1. The fraction of sp³-hybridized carbons (Fsp3) is 0.375. The van der Waals surface area contributed by atoms with Gasteiger partial charge in [0.1, 0.15) is 10.7 Å². The van der Waals surface area contributed by atoms with E-state index < -0.39 is 5.60 Å². The number of piperidine rings is 1. The average molecular weight is 420 g/mol. The molecule has 1 aromatic carbocycles. The summed E-state index contributed by atoms with van der Waals surface area (Å²) in [5.74, 6) is 0.0446. The lowest BCUT2D eigenvalue weighted by molar-refractivity contribution is -0.110. The Morgan fingerprint density at radius 3 is 2.67 bits per heavy atom. The highest BCUT2D eigenvalue weighted by Crippen LogP contribution is 2.47. The molecular weight excluding hydrogens is 394 g/mol. The second kappa shape index (κ2) is 7.93. The average Bonchev–Trinajstić information content (AvgIpc) is 3.31. The number of hydrogen-bond donors (Lipinski definition) is 1. The van der Waals surface area contributed by atoms with Crippen molar-refractivity contribution in [3.05, 3.63) is 71.5 Å². The van der Waals surface area contributed by atoms with Gasteiger partial charge in [0.05, 0.1) is 5.60 Å². The molecule has 1 aliphatic carbocycles. The van der Waals surface area contributed by atoms with Crippen molar-refractivity contribution >= 4 is 17.2 Å². The minimum absolute atomic E-state index is 0.0152. The maximum atomic E-state index is 13.4. The van der Waals surface area contributed by atoms with E-state index >= 15 is 0 Å². The van der Waals surface area contributed by atoms with Crippen LogP contribution < -0.4 is 0 Å². The van der Waals surface area contributed by atoms with Crippen molar-refractivity contribution in [2.75, 3.05) is 6.54 Å². The van der Waals surface area contributed by atoms with Gasteiger partial charge in [-0.3, -0.25) is 9.78 Å². The summed E-state index contributed by atoms with van der Waals surface area (Å²) in [7, 11) is 0. The number of amides is 1. The third-order valence-corrected chi connectivity index (χ3v) is 7.55. The summed E-state index contributed by atoms with van der Waals surface area (Å²) < 4.78 is 0. The number of likely N-dealkylation sites (tertiary alicyclic amines) is 1. The van der Waals surface area contributed by atoms with Gasteiger partial charge in [-0.15, -0.1) is 11.3 Å². The number of rotatable bonds is 3. The van der Waals surface area contributed by atoms with E-state index in [1.165, 1.54) is 11.3 Å². The molecule has 3 heterocycles. The molecule has 5 rings (SSSR count). The summed E-state index contributed by atoms with van der Waals surface area (Å²) in [5.41, 5.74) is 1.58. The number of aliphatic hydroxyl groups is 1. The minimum Gasteiger partial charge on any atom is -0.385 e. The van der Waals surface area contributed by atoms with Crippen LogP contribution in [0.2, 0.25) is 0 Å². The summed E-state index contributed by atoms with van der Waals surface area (Å²) in [5, 5.41) is 14.4. The first-order chi connectivity index (χ1) is 14.7. The Balaban J connectivity index is 1.42. The monoisotopic (exact) mass is 419 g/mol. The number of pyridine rings is 1. The molecule has 2 aromatic heterocycles. The fourth-order valence-electron chi connectivity index (χ4n) is 5.17. The second-order valence-corrected chi connectivity index (χ2v) is 9.13. The van der Waals surface area contributed by atoms with E-state index in [0.717, 1.165) is 41.8 Å². The van der Waals surface area contributed by atoms with Crippen LogP contribution in [0.15, 0.2) is 60.2 Å². The van der Waals surface area contributed by atoms with Crippen LogP contribution in [0.4, 0.5) is 0 Å². The van der Waals surface area contributed by atoms with E-state index in [9.17, 15) is 9.90 Å². The molecule has 30 heavy (non-hydrogen) atoms. The molecule has 1 N–H and O–H groups in total. The zero-order valence-electron chi connectivity index (χ0n) is 16.8. The van der Waals surface area contributed by atoms with Crippen LogP contribution in [-0.2, 0) is 5.60 Å². The quantitative estimate of drug-likeness (QED) is 0.679. The topological polar surface area (TPSA) is 66.3 Å². The van der Waals surface area contributed by atoms with Crippen molar-refractivity contribution in [3.8, 4) is 10.6 Å². The van der Waals surface area contributed by atoms with E-state index in [4.69, 9.17) is 0 Å². The highest BCUT2D eigenvalue weighted by Gasteiger charge is 2.50. The van der Waals surface area contributed by atoms with Crippen LogP contribution in [-0.4, -0.2) is 38.5 Å². The molecule has 3 aromatic rings. The lowest BCUT2D eigenvalue weighted by atomic mass is 9.66. The van der Waals surface area contributed by atoms with Gasteiger partial charge in [0.25, 0.3) is 5.91 Å². The zero-order valence-corrected chi connectivity index (χ0v) is 17.6. The molecule has 2 aliphatic rings. The lowest BCUT2D eigenvalue weighted by Gasteiger charge is -2.52. The van der Waals surface area contributed by atoms with Crippen molar-refractivity contribution in [3.63, 3.8) is 0 Å². The SMILES string of the molecule is O=C(c1csc(-c2ccncc2)n1)N1CCC(O)(c2ccccc2)[C@@H]2CCCC[C@@H]21. The molecule has 1 saturated carbocycles. The molecular formula is C24H25N3O2S. The van der Waals surface area contributed by atoms with Crippen LogP contribution in [0.1, 0.15) is 48.2 Å².